The van der Waals surface area contributed by atoms with E-state index in [1.807, 2.05) is 0 Å². The van der Waals surface area contributed by atoms with Crippen LogP contribution < -0.4 is 5.73 Å². The maximum Gasteiger partial charge on any atom is 0.0937 e. The summed E-state index contributed by atoms with van der Waals surface area (Å²) in [5.41, 5.74) is 11.2. The minimum Gasteiger partial charge on any atom is -0.393 e. The van der Waals surface area contributed by atoms with Crippen LogP contribution in [0.5, 0.6) is 0 Å². The molecule has 0 amide bonds. The highest BCUT2D eigenvalue weighted by Crippen LogP contribution is 2.65. The Hall–Kier alpha value is -0.680. The highest BCUT2D eigenvalue weighted by Gasteiger charge is 2.61. The molecular formula is C29H46N2O2. The molecule has 2 aliphatic heterocycles. The average molecular weight is 455 g/mol. The molecule has 2 saturated carbocycles. The van der Waals surface area contributed by atoms with Crippen LogP contribution in [0.3, 0.4) is 0 Å². The van der Waals surface area contributed by atoms with E-state index < -0.39 is 0 Å². The van der Waals surface area contributed by atoms with Crippen molar-refractivity contribution in [3.8, 4) is 0 Å². The summed E-state index contributed by atoms with van der Waals surface area (Å²) in [6.07, 6.45) is 12.0. The van der Waals surface area contributed by atoms with E-state index in [4.69, 9.17) is 10.5 Å². The topological polar surface area (TPSA) is 58.7 Å². The molecule has 8 unspecified atom stereocenters. The molecule has 6 rings (SSSR count). The van der Waals surface area contributed by atoms with Crippen LogP contribution in [0.2, 0.25) is 0 Å². The van der Waals surface area contributed by atoms with Gasteiger partial charge in [-0.1, -0.05) is 38.0 Å². The molecule has 6 aliphatic rings. The van der Waals surface area contributed by atoms with Crippen LogP contribution in [-0.4, -0.2) is 53.5 Å². The number of hydrogen-bond acceptors (Lipinski definition) is 4. The Balaban J connectivity index is 1.33. The molecule has 0 radical (unpaired) electrons. The van der Waals surface area contributed by atoms with Crippen molar-refractivity contribution in [2.24, 2.45) is 40.7 Å². The van der Waals surface area contributed by atoms with Crippen molar-refractivity contribution in [2.45, 2.75) is 103 Å². The van der Waals surface area contributed by atoms with Gasteiger partial charge < -0.3 is 15.6 Å². The molecule has 184 valence electrons. The van der Waals surface area contributed by atoms with Crippen LogP contribution in [0.15, 0.2) is 22.8 Å². The second-order valence-electron chi connectivity index (χ2n) is 13.0. The summed E-state index contributed by atoms with van der Waals surface area (Å²) < 4.78 is 7.19. The molecule has 33 heavy (non-hydrogen) atoms. The number of hydrogen-bond donors (Lipinski definition) is 2. The summed E-state index contributed by atoms with van der Waals surface area (Å²) in [6.45, 7) is 12.8. The SMILES string of the molecule is CC1=C2CC3C(CC=C4CC(O)CC[C@@]43C)C2CC[C@]12OC1CC(C)CN(CCN)C1C2C. The van der Waals surface area contributed by atoms with Gasteiger partial charge in [-0.2, -0.15) is 0 Å². The molecule has 1 spiro atoms. The highest BCUT2D eigenvalue weighted by molar-refractivity contribution is 5.38. The maximum absolute atomic E-state index is 10.3. The Morgan fingerprint density at radius 3 is 2.82 bits per heavy atom. The standard InChI is InChI=1S/C29H46N2O2/c1-17-13-26-27(31(16-17)12-11-30)19(3)29(33-26)10-8-22-23-6-5-20-14-21(32)7-9-28(20,4)25(23)15-24(22)18(29)2/h5,17,19,21-23,25-27,32H,6-16,30H2,1-4H3/t17?,19?,21?,22?,23?,25?,26?,27?,28-,29-/m0/s1. The molecule has 4 fully saturated rings. The first-order valence-corrected chi connectivity index (χ1v) is 14.0. The molecule has 10 atom stereocenters. The molecule has 4 aliphatic carbocycles. The third kappa shape index (κ3) is 3.16. The fourth-order valence-electron chi connectivity index (χ4n) is 9.89. The van der Waals surface area contributed by atoms with Gasteiger partial charge in [0, 0.05) is 31.6 Å². The fourth-order valence-corrected chi connectivity index (χ4v) is 9.89. The van der Waals surface area contributed by atoms with Crippen LogP contribution in [0.25, 0.3) is 0 Å². The summed E-state index contributed by atoms with van der Waals surface area (Å²) in [5.74, 6) is 3.52. The Morgan fingerprint density at radius 2 is 2.03 bits per heavy atom. The molecule has 0 aromatic rings. The Labute approximate surface area is 201 Å². The molecule has 0 aromatic carbocycles. The minimum absolute atomic E-state index is 0.0640. The van der Waals surface area contributed by atoms with E-state index in [1.54, 1.807) is 16.7 Å². The van der Waals surface area contributed by atoms with Gasteiger partial charge in [0.15, 0.2) is 0 Å². The third-order valence-electron chi connectivity index (χ3n) is 11.5. The van der Waals surface area contributed by atoms with Gasteiger partial charge in [0.2, 0.25) is 0 Å². The largest absolute Gasteiger partial charge is 0.393 e. The van der Waals surface area contributed by atoms with Crippen molar-refractivity contribution in [1.82, 2.24) is 4.90 Å². The molecule has 4 heteroatoms. The lowest BCUT2D eigenvalue weighted by Crippen LogP contribution is -2.53. The molecule has 0 bridgehead atoms. The average Bonchev–Trinajstić information content (AvgIpc) is 3.29. The number of nitrogens with two attached hydrogens (primary N) is 1. The summed E-state index contributed by atoms with van der Waals surface area (Å²) >= 11 is 0. The molecule has 0 aromatic heterocycles. The van der Waals surface area contributed by atoms with Crippen molar-refractivity contribution in [2.75, 3.05) is 19.6 Å². The minimum atomic E-state index is -0.122. The number of likely N-dealkylation sites (tertiary alicyclic amines) is 1. The number of piperidine rings is 1. The molecule has 4 nitrogen and oxygen atoms in total. The lowest BCUT2D eigenvalue weighted by atomic mass is 9.56. The number of rotatable bonds is 2. The van der Waals surface area contributed by atoms with E-state index in [2.05, 4.69) is 38.7 Å². The number of ether oxygens (including phenoxy) is 1. The highest BCUT2D eigenvalue weighted by atomic mass is 16.5. The first-order chi connectivity index (χ1) is 15.8. The predicted molar refractivity (Wildman–Crippen MR) is 133 cm³/mol. The number of aliphatic hydroxyl groups excluding tert-OH is 1. The number of nitrogens with zero attached hydrogens (tertiary/aromatic N) is 1. The number of fused-ring (bicyclic) bond motifs is 6. The first-order valence-electron chi connectivity index (χ1n) is 14.0. The van der Waals surface area contributed by atoms with E-state index in [1.165, 1.54) is 38.6 Å². The van der Waals surface area contributed by atoms with E-state index >= 15 is 0 Å². The van der Waals surface area contributed by atoms with Gasteiger partial charge >= 0.3 is 0 Å². The summed E-state index contributed by atoms with van der Waals surface area (Å²) in [7, 11) is 0. The second-order valence-corrected chi connectivity index (χ2v) is 13.0. The Bertz CT molecular complexity index is 866. The number of aliphatic hydroxyl groups is 1. The third-order valence-corrected chi connectivity index (χ3v) is 11.5. The van der Waals surface area contributed by atoms with Crippen LogP contribution in [0.1, 0.15) is 79.1 Å². The van der Waals surface area contributed by atoms with Crippen molar-refractivity contribution < 1.29 is 9.84 Å². The summed E-state index contributed by atoms with van der Waals surface area (Å²) in [6, 6.07) is 0.520. The van der Waals surface area contributed by atoms with Gasteiger partial charge in [0.25, 0.3) is 0 Å². The quantitative estimate of drug-likeness (QED) is 0.595. The van der Waals surface area contributed by atoms with E-state index in [-0.39, 0.29) is 11.7 Å². The van der Waals surface area contributed by atoms with Gasteiger partial charge in [0.05, 0.1) is 17.8 Å². The monoisotopic (exact) mass is 454 g/mol. The Morgan fingerprint density at radius 1 is 1.21 bits per heavy atom. The maximum atomic E-state index is 10.3. The first kappa shape index (κ1) is 22.8. The fraction of sp³-hybridized carbons (Fsp3) is 0.862. The summed E-state index contributed by atoms with van der Waals surface area (Å²) in [5, 5.41) is 10.3. The molecule has 2 heterocycles. The number of allylic oxidation sites excluding steroid dienone is 2. The van der Waals surface area contributed by atoms with E-state index in [0.29, 0.717) is 29.4 Å². The van der Waals surface area contributed by atoms with E-state index in [9.17, 15) is 5.11 Å². The summed E-state index contributed by atoms with van der Waals surface area (Å²) in [4.78, 5) is 2.67. The van der Waals surface area contributed by atoms with Gasteiger partial charge in [-0.15, -0.1) is 0 Å². The predicted octanol–water partition coefficient (Wildman–Crippen LogP) is 4.67. The van der Waals surface area contributed by atoms with Crippen molar-refractivity contribution in [3.63, 3.8) is 0 Å². The van der Waals surface area contributed by atoms with Crippen LogP contribution in [-0.2, 0) is 4.74 Å². The van der Waals surface area contributed by atoms with Crippen LogP contribution >= 0.6 is 0 Å². The molecular weight excluding hydrogens is 408 g/mol. The normalized spacial score (nSPS) is 51.8. The zero-order valence-electron chi connectivity index (χ0n) is 21.4. The van der Waals surface area contributed by atoms with Crippen molar-refractivity contribution in [3.05, 3.63) is 22.8 Å². The zero-order chi connectivity index (χ0) is 23.1. The van der Waals surface area contributed by atoms with Gasteiger partial charge in [0.1, 0.15) is 0 Å². The van der Waals surface area contributed by atoms with Gasteiger partial charge in [-0.05, 0) is 93.0 Å². The molecule has 2 saturated heterocycles. The lowest BCUT2D eigenvalue weighted by molar-refractivity contribution is -0.0645. The van der Waals surface area contributed by atoms with Gasteiger partial charge in [-0.3, -0.25) is 4.90 Å². The molecule has 3 N–H and O–H groups in total. The lowest BCUT2D eigenvalue weighted by Gasteiger charge is -2.49. The van der Waals surface area contributed by atoms with Crippen molar-refractivity contribution >= 4 is 0 Å². The smallest absolute Gasteiger partial charge is 0.0937 e. The second kappa shape index (κ2) is 7.91. The van der Waals surface area contributed by atoms with Gasteiger partial charge in [-0.25, -0.2) is 0 Å². The van der Waals surface area contributed by atoms with Crippen LogP contribution in [0.4, 0.5) is 0 Å². The van der Waals surface area contributed by atoms with Crippen molar-refractivity contribution in [1.29, 1.82) is 0 Å². The Kier molecular flexibility index (Phi) is 5.46. The zero-order valence-corrected chi connectivity index (χ0v) is 21.4. The van der Waals surface area contributed by atoms with E-state index in [0.717, 1.165) is 50.1 Å². The van der Waals surface area contributed by atoms with Crippen LogP contribution in [0, 0.1) is 35.0 Å².